The van der Waals surface area contributed by atoms with Crippen molar-refractivity contribution in [2.45, 2.75) is 42.5 Å². The predicted molar refractivity (Wildman–Crippen MR) is 114 cm³/mol. The number of amides is 3. The van der Waals surface area contributed by atoms with Crippen LogP contribution >= 0.6 is 34.9 Å². The molecule has 2 aliphatic rings. The number of fused-ring (bicyclic) bond motifs is 1. The van der Waals surface area contributed by atoms with Gasteiger partial charge in [-0.2, -0.15) is 11.8 Å². The molecule has 0 radical (unpaired) electrons. The number of carbonyl (C=O) groups is 3. The standard InChI is InChI=1S/C18H24N4O3S3/c1-3-9-27-18-21-20-17(28-18)19-14(23)13(8-10-26-2)22-15(24)11-6-4-5-7-12(11)16(22)25/h3,11-13H,1,4-10H2,2H3,(H,19,20,23). The second kappa shape index (κ2) is 9.89. The van der Waals surface area contributed by atoms with Crippen molar-refractivity contribution >= 4 is 57.7 Å². The zero-order valence-corrected chi connectivity index (χ0v) is 18.2. The third-order valence-electron chi connectivity index (χ3n) is 5.05. The number of nitrogens with zero attached hydrogens (tertiary/aromatic N) is 3. The number of anilines is 1. The molecule has 152 valence electrons. The van der Waals surface area contributed by atoms with E-state index in [-0.39, 0.29) is 29.6 Å². The van der Waals surface area contributed by atoms with Gasteiger partial charge in [0.15, 0.2) is 4.34 Å². The number of nitrogens with one attached hydrogen (secondary N) is 1. The monoisotopic (exact) mass is 440 g/mol. The summed E-state index contributed by atoms with van der Waals surface area (Å²) in [7, 11) is 0. The van der Waals surface area contributed by atoms with Crippen LogP contribution in [0.2, 0.25) is 0 Å². The summed E-state index contributed by atoms with van der Waals surface area (Å²) < 4.78 is 0.732. The topological polar surface area (TPSA) is 92.3 Å². The zero-order chi connectivity index (χ0) is 20.1. The Morgan fingerprint density at radius 1 is 1.32 bits per heavy atom. The van der Waals surface area contributed by atoms with E-state index in [0.717, 1.165) is 30.0 Å². The van der Waals surface area contributed by atoms with Gasteiger partial charge in [-0.05, 0) is 31.3 Å². The first-order chi connectivity index (χ1) is 13.6. The number of thioether (sulfide) groups is 2. The number of hydrogen-bond donors (Lipinski definition) is 1. The van der Waals surface area contributed by atoms with Gasteiger partial charge in [-0.25, -0.2) is 0 Å². The van der Waals surface area contributed by atoms with Gasteiger partial charge < -0.3 is 0 Å². The van der Waals surface area contributed by atoms with Crippen LogP contribution < -0.4 is 5.32 Å². The van der Waals surface area contributed by atoms with E-state index in [0.29, 0.717) is 23.1 Å². The fraction of sp³-hybridized carbons (Fsp3) is 0.611. The minimum Gasteiger partial charge on any atom is -0.299 e. The van der Waals surface area contributed by atoms with E-state index in [1.165, 1.54) is 28.0 Å². The first-order valence-electron chi connectivity index (χ1n) is 9.30. The van der Waals surface area contributed by atoms with E-state index in [2.05, 4.69) is 22.1 Å². The third-order valence-corrected chi connectivity index (χ3v) is 7.66. The van der Waals surface area contributed by atoms with E-state index in [9.17, 15) is 14.4 Å². The highest BCUT2D eigenvalue weighted by atomic mass is 32.2. The van der Waals surface area contributed by atoms with Gasteiger partial charge in [-0.1, -0.05) is 42.0 Å². The highest BCUT2D eigenvalue weighted by molar-refractivity contribution is 8.01. The van der Waals surface area contributed by atoms with Crippen molar-refractivity contribution in [1.82, 2.24) is 15.1 Å². The van der Waals surface area contributed by atoms with Gasteiger partial charge in [0.1, 0.15) is 6.04 Å². The molecule has 2 fully saturated rings. The molecule has 0 aromatic carbocycles. The van der Waals surface area contributed by atoms with Gasteiger partial charge in [0.05, 0.1) is 11.8 Å². The highest BCUT2D eigenvalue weighted by Crippen LogP contribution is 2.39. The molecule has 2 heterocycles. The van der Waals surface area contributed by atoms with Crippen LogP contribution in [0.1, 0.15) is 32.1 Å². The average molecular weight is 441 g/mol. The van der Waals surface area contributed by atoms with Crippen LogP contribution in [0.15, 0.2) is 17.0 Å². The maximum Gasteiger partial charge on any atom is 0.249 e. The number of likely N-dealkylation sites (tertiary alicyclic amines) is 1. The lowest BCUT2D eigenvalue weighted by Crippen LogP contribution is -2.48. The summed E-state index contributed by atoms with van der Waals surface area (Å²) in [5.74, 6) is 0.139. The van der Waals surface area contributed by atoms with Gasteiger partial charge in [0.2, 0.25) is 22.9 Å². The van der Waals surface area contributed by atoms with Crippen molar-refractivity contribution in [3.8, 4) is 0 Å². The predicted octanol–water partition coefficient (Wildman–Crippen LogP) is 3.05. The number of carbonyl (C=O) groups excluding carboxylic acids is 3. The van der Waals surface area contributed by atoms with Crippen LogP contribution in [-0.2, 0) is 14.4 Å². The third kappa shape index (κ3) is 4.60. The Bertz CT molecular complexity index is 730. The second-order valence-electron chi connectivity index (χ2n) is 6.80. The van der Waals surface area contributed by atoms with Crippen LogP contribution in [0.4, 0.5) is 5.13 Å². The van der Waals surface area contributed by atoms with Crippen molar-refractivity contribution in [3.63, 3.8) is 0 Å². The molecule has 7 nitrogen and oxygen atoms in total. The SMILES string of the molecule is C=CCSc1nnc(NC(=O)C(CCSC)N2C(=O)C3CCCCC3C2=O)s1. The van der Waals surface area contributed by atoms with Crippen LogP contribution in [0.5, 0.6) is 0 Å². The minimum atomic E-state index is -0.800. The van der Waals surface area contributed by atoms with E-state index >= 15 is 0 Å². The normalized spacial score (nSPS) is 22.8. The van der Waals surface area contributed by atoms with Crippen molar-refractivity contribution in [2.75, 3.05) is 23.1 Å². The smallest absolute Gasteiger partial charge is 0.249 e. The van der Waals surface area contributed by atoms with Crippen LogP contribution in [0.25, 0.3) is 0 Å². The molecule has 1 saturated carbocycles. The largest absolute Gasteiger partial charge is 0.299 e. The van der Waals surface area contributed by atoms with Crippen LogP contribution in [0.3, 0.4) is 0 Å². The Morgan fingerprint density at radius 3 is 2.61 bits per heavy atom. The molecule has 1 aliphatic carbocycles. The maximum absolute atomic E-state index is 13.0. The molecule has 28 heavy (non-hydrogen) atoms. The lowest BCUT2D eigenvalue weighted by molar-refractivity contribution is -0.146. The number of rotatable bonds is 9. The van der Waals surface area contributed by atoms with Gasteiger partial charge in [-0.15, -0.1) is 16.8 Å². The molecule has 1 aromatic rings. The summed E-state index contributed by atoms with van der Waals surface area (Å²) in [6.07, 6.45) is 7.55. The number of hydrogen-bond acceptors (Lipinski definition) is 8. The Morgan fingerprint density at radius 2 is 2.00 bits per heavy atom. The van der Waals surface area contributed by atoms with Crippen LogP contribution in [-0.4, -0.2) is 56.6 Å². The van der Waals surface area contributed by atoms with Gasteiger partial charge in [-0.3, -0.25) is 24.6 Å². The Balaban J connectivity index is 1.74. The Kier molecular flexibility index (Phi) is 7.53. The van der Waals surface area contributed by atoms with Gasteiger partial charge >= 0.3 is 0 Å². The molecular formula is C18H24N4O3S3. The molecule has 1 N–H and O–H groups in total. The molecule has 3 amide bonds. The molecule has 10 heteroatoms. The summed E-state index contributed by atoms with van der Waals surface area (Å²) >= 11 is 4.34. The molecule has 1 saturated heterocycles. The van der Waals surface area contributed by atoms with Gasteiger partial charge in [0.25, 0.3) is 0 Å². The van der Waals surface area contributed by atoms with E-state index in [1.54, 1.807) is 17.8 Å². The molecule has 1 aliphatic heterocycles. The zero-order valence-electron chi connectivity index (χ0n) is 15.8. The Labute approximate surface area is 177 Å². The van der Waals surface area contributed by atoms with Crippen molar-refractivity contribution in [1.29, 1.82) is 0 Å². The Hall–Kier alpha value is -1.39. The first kappa shape index (κ1) is 21.3. The molecule has 3 rings (SSSR count). The summed E-state index contributed by atoms with van der Waals surface area (Å²) in [6.45, 7) is 3.67. The molecule has 1 aromatic heterocycles. The molecule has 3 atom stereocenters. The minimum absolute atomic E-state index is 0.185. The van der Waals surface area contributed by atoms with Crippen molar-refractivity contribution in [2.24, 2.45) is 11.8 Å². The van der Waals surface area contributed by atoms with E-state index in [1.807, 2.05) is 6.26 Å². The fourth-order valence-corrected chi connectivity index (χ4v) is 5.71. The quantitative estimate of drug-likeness (QED) is 0.273. The summed E-state index contributed by atoms with van der Waals surface area (Å²) in [5.41, 5.74) is 0. The first-order valence-corrected chi connectivity index (χ1v) is 12.5. The number of imide groups is 1. The summed E-state index contributed by atoms with van der Waals surface area (Å²) in [6, 6.07) is -0.800. The van der Waals surface area contributed by atoms with Crippen molar-refractivity contribution < 1.29 is 14.4 Å². The maximum atomic E-state index is 13.0. The highest BCUT2D eigenvalue weighted by Gasteiger charge is 2.51. The van der Waals surface area contributed by atoms with E-state index < -0.39 is 6.04 Å². The summed E-state index contributed by atoms with van der Waals surface area (Å²) in [4.78, 5) is 40.0. The lowest BCUT2D eigenvalue weighted by atomic mass is 9.81. The molecule has 3 unspecified atom stereocenters. The van der Waals surface area contributed by atoms with Crippen molar-refractivity contribution in [3.05, 3.63) is 12.7 Å². The molecular weight excluding hydrogens is 416 g/mol. The second-order valence-corrected chi connectivity index (χ2v) is 10.0. The average Bonchev–Trinajstić information content (AvgIpc) is 3.24. The number of aromatic nitrogens is 2. The fourth-order valence-electron chi connectivity index (χ4n) is 3.74. The molecule has 0 bridgehead atoms. The molecule has 0 spiro atoms. The van der Waals surface area contributed by atoms with Crippen LogP contribution in [0, 0.1) is 11.8 Å². The lowest BCUT2D eigenvalue weighted by Gasteiger charge is -2.25. The van der Waals surface area contributed by atoms with Gasteiger partial charge in [0, 0.05) is 5.75 Å². The van der Waals surface area contributed by atoms with E-state index in [4.69, 9.17) is 0 Å². The summed E-state index contributed by atoms with van der Waals surface area (Å²) in [5, 5.41) is 11.2.